The lowest BCUT2D eigenvalue weighted by atomic mass is 10.5. The van der Waals surface area contributed by atoms with Gasteiger partial charge in [0, 0.05) is 6.20 Å². The topological polar surface area (TPSA) is 30.2 Å². The van der Waals surface area contributed by atoms with E-state index in [1.165, 1.54) is 0 Å². The number of rotatable bonds is 1. The molecule has 2 aromatic heterocycles. The minimum absolute atomic E-state index is 0.373. The minimum Gasteiger partial charge on any atom is -0.284 e. The molecule has 5 heteroatoms. The van der Waals surface area contributed by atoms with Crippen LogP contribution in [0.4, 0.5) is 0 Å². The van der Waals surface area contributed by atoms with Crippen molar-refractivity contribution >= 4 is 33.2 Å². The molecule has 3 nitrogen and oxygen atoms in total. The first-order valence-corrected chi connectivity index (χ1v) is 4.70. The van der Waals surface area contributed by atoms with Crippen molar-refractivity contribution in [1.29, 1.82) is 0 Å². The summed E-state index contributed by atoms with van der Waals surface area (Å²) in [4.78, 5) is 0. The Hall–Kier alpha value is -0.610. The second-order valence-corrected chi connectivity index (χ2v) is 3.42. The van der Waals surface area contributed by atoms with Crippen LogP contribution in [0.1, 0.15) is 5.82 Å². The number of pyridine rings is 1. The van der Waals surface area contributed by atoms with Crippen LogP contribution in [0.5, 0.6) is 0 Å². The molecule has 0 unspecified atom stereocenters. The van der Waals surface area contributed by atoms with Crippen molar-refractivity contribution in [1.82, 2.24) is 14.6 Å². The van der Waals surface area contributed by atoms with E-state index in [4.69, 9.17) is 11.6 Å². The van der Waals surface area contributed by atoms with E-state index in [9.17, 15) is 0 Å². The van der Waals surface area contributed by atoms with E-state index in [-0.39, 0.29) is 0 Å². The van der Waals surface area contributed by atoms with E-state index in [0.717, 1.165) is 15.9 Å². The third-order valence-electron chi connectivity index (χ3n) is 1.58. The maximum absolute atomic E-state index is 5.66. The van der Waals surface area contributed by atoms with E-state index in [0.29, 0.717) is 5.88 Å². The zero-order valence-electron chi connectivity index (χ0n) is 6.04. The summed E-state index contributed by atoms with van der Waals surface area (Å²) in [6.45, 7) is 0. The molecule has 0 saturated carbocycles. The fourth-order valence-corrected chi connectivity index (χ4v) is 1.63. The first-order valence-electron chi connectivity index (χ1n) is 3.37. The average molecular weight is 246 g/mol. The maximum atomic E-state index is 5.66. The van der Waals surface area contributed by atoms with Crippen LogP contribution in [0, 0.1) is 0 Å². The number of fused-ring (bicyclic) bond motifs is 1. The number of aromatic nitrogens is 3. The van der Waals surface area contributed by atoms with Gasteiger partial charge in [-0.25, -0.2) is 0 Å². The summed E-state index contributed by atoms with van der Waals surface area (Å²) in [6, 6.07) is 3.83. The van der Waals surface area contributed by atoms with Crippen molar-refractivity contribution < 1.29 is 0 Å². The van der Waals surface area contributed by atoms with Crippen LogP contribution in [0.3, 0.4) is 0 Å². The Bertz CT molecular complexity index is 412. The van der Waals surface area contributed by atoms with Gasteiger partial charge in [0.15, 0.2) is 11.5 Å². The summed E-state index contributed by atoms with van der Waals surface area (Å²) in [5.41, 5.74) is 0.799. The van der Waals surface area contributed by atoms with Crippen molar-refractivity contribution in [2.75, 3.05) is 0 Å². The van der Waals surface area contributed by atoms with Crippen LogP contribution < -0.4 is 0 Å². The summed E-state index contributed by atoms with van der Waals surface area (Å²) in [6.07, 6.45) is 1.89. The summed E-state index contributed by atoms with van der Waals surface area (Å²) >= 11 is 9.03. The SMILES string of the molecule is ClCc1nnc2c(Br)cccn12. The largest absolute Gasteiger partial charge is 0.284 e. The van der Waals surface area contributed by atoms with Crippen molar-refractivity contribution in [3.05, 3.63) is 28.6 Å². The smallest absolute Gasteiger partial charge is 0.175 e. The number of nitrogens with zero attached hydrogens (tertiary/aromatic N) is 3. The molecule has 0 fully saturated rings. The van der Waals surface area contributed by atoms with E-state index in [1.807, 2.05) is 22.7 Å². The van der Waals surface area contributed by atoms with Gasteiger partial charge in [0.25, 0.3) is 0 Å². The van der Waals surface area contributed by atoms with Gasteiger partial charge in [0.05, 0.1) is 10.4 Å². The molecule has 12 heavy (non-hydrogen) atoms. The monoisotopic (exact) mass is 245 g/mol. The van der Waals surface area contributed by atoms with Crippen molar-refractivity contribution in [3.8, 4) is 0 Å². The van der Waals surface area contributed by atoms with Gasteiger partial charge in [-0.2, -0.15) is 0 Å². The zero-order chi connectivity index (χ0) is 8.55. The molecule has 0 aliphatic heterocycles. The number of hydrogen-bond donors (Lipinski definition) is 0. The fourth-order valence-electron chi connectivity index (χ4n) is 1.02. The molecule has 0 N–H and O–H groups in total. The highest BCUT2D eigenvalue weighted by Gasteiger charge is 2.05. The molecule has 2 aromatic rings. The third-order valence-corrected chi connectivity index (χ3v) is 2.44. The summed E-state index contributed by atoms with van der Waals surface area (Å²) < 4.78 is 2.78. The predicted molar refractivity (Wildman–Crippen MR) is 50.2 cm³/mol. The Balaban J connectivity index is 2.80. The van der Waals surface area contributed by atoms with E-state index < -0.39 is 0 Å². The lowest BCUT2D eigenvalue weighted by Gasteiger charge is -1.95. The first-order chi connectivity index (χ1) is 5.83. The first kappa shape index (κ1) is 8.01. The zero-order valence-corrected chi connectivity index (χ0v) is 8.38. The fraction of sp³-hybridized carbons (Fsp3) is 0.143. The van der Waals surface area contributed by atoms with Gasteiger partial charge in [-0.15, -0.1) is 21.8 Å². The van der Waals surface area contributed by atoms with Gasteiger partial charge in [-0.1, -0.05) is 0 Å². The third kappa shape index (κ3) is 1.11. The molecule has 0 amide bonds. The molecular formula is C7H5BrClN3. The summed E-state index contributed by atoms with van der Waals surface area (Å²) in [5, 5.41) is 7.90. The van der Waals surface area contributed by atoms with Crippen LogP contribution in [-0.2, 0) is 5.88 Å². The van der Waals surface area contributed by atoms with Crippen LogP contribution in [0.25, 0.3) is 5.65 Å². The Kier molecular flexibility index (Phi) is 2.02. The predicted octanol–water partition coefficient (Wildman–Crippen LogP) is 2.23. The molecular weight excluding hydrogens is 241 g/mol. The Morgan fingerprint density at radius 2 is 2.33 bits per heavy atom. The van der Waals surface area contributed by atoms with Crippen LogP contribution >= 0.6 is 27.5 Å². The molecule has 0 aliphatic carbocycles. The van der Waals surface area contributed by atoms with Crippen LogP contribution in [-0.4, -0.2) is 14.6 Å². The Labute approximate surface area is 82.5 Å². The van der Waals surface area contributed by atoms with E-state index >= 15 is 0 Å². The van der Waals surface area contributed by atoms with Crippen molar-refractivity contribution in [2.24, 2.45) is 0 Å². The minimum atomic E-state index is 0.373. The molecule has 0 atom stereocenters. The van der Waals surface area contributed by atoms with Gasteiger partial charge in [-0.05, 0) is 28.1 Å². The standard InChI is InChI=1S/C7H5BrClN3/c8-5-2-1-3-12-6(4-9)10-11-7(5)12/h1-3H,4H2. The van der Waals surface area contributed by atoms with Gasteiger partial charge in [0.1, 0.15) is 0 Å². The Morgan fingerprint density at radius 1 is 1.50 bits per heavy atom. The highest BCUT2D eigenvalue weighted by Crippen LogP contribution is 2.16. The number of hydrogen-bond acceptors (Lipinski definition) is 2. The average Bonchev–Trinajstić information content (AvgIpc) is 2.49. The molecule has 0 radical (unpaired) electrons. The lowest BCUT2D eigenvalue weighted by Crippen LogP contribution is -1.89. The second-order valence-electron chi connectivity index (χ2n) is 2.30. The van der Waals surface area contributed by atoms with Gasteiger partial charge < -0.3 is 0 Å². The van der Waals surface area contributed by atoms with Crippen molar-refractivity contribution in [3.63, 3.8) is 0 Å². The molecule has 62 valence electrons. The molecule has 0 spiro atoms. The molecule has 0 bridgehead atoms. The molecule has 0 aromatic carbocycles. The second kappa shape index (κ2) is 3.03. The van der Waals surface area contributed by atoms with Gasteiger partial charge in [0.2, 0.25) is 0 Å². The summed E-state index contributed by atoms with van der Waals surface area (Å²) in [7, 11) is 0. The highest BCUT2D eigenvalue weighted by atomic mass is 79.9. The Morgan fingerprint density at radius 3 is 3.08 bits per heavy atom. The molecule has 0 aliphatic rings. The number of alkyl halides is 1. The van der Waals surface area contributed by atoms with Crippen LogP contribution in [0.15, 0.2) is 22.8 Å². The lowest BCUT2D eigenvalue weighted by molar-refractivity contribution is 0.986. The molecule has 0 saturated heterocycles. The van der Waals surface area contributed by atoms with E-state index in [1.54, 1.807) is 0 Å². The number of halogens is 2. The maximum Gasteiger partial charge on any atom is 0.175 e. The van der Waals surface area contributed by atoms with Gasteiger partial charge >= 0.3 is 0 Å². The normalized spacial score (nSPS) is 10.8. The molecule has 2 rings (SSSR count). The highest BCUT2D eigenvalue weighted by molar-refractivity contribution is 9.10. The molecule has 2 heterocycles. The quantitative estimate of drug-likeness (QED) is 0.722. The van der Waals surface area contributed by atoms with Crippen LogP contribution in [0.2, 0.25) is 0 Å². The van der Waals surface area contributed by atoms with Gasteiger partial charge in [-0.3, -0.25) is 4.40 Å². The summed E-state index contributed by atoms with van der Waals surface area (Å²) in [5.74, 6) is 1.13. The van der Waals surface area contributed by atoms with E-state index in [2.05, 4.69) is 26.1 Å². The van der Waals surface area contributed by atoms with Crippen molar-refractivity contribution in [2.45, 2.75) is 5.88 Å².